The van der Waals surface area contributed by atoms with Crippen molar-refractivity contribution in [1.82, 2.24) is 0 Å². The summed E-state index contributed by atoms with van der Waals surface area (Å²) in [5, 5.41) is 5.99. The van der Waals surface area contributed by atoms with Crippen molar-refractivity contribution in [3.8, 4) is 0 Å². The highest BCUT2D eigenvalue weighted by molar-refractivity contribution is 5.96. The first-order valence-electron chi connectivity index (χ1n) is 8.58. The summed E-state index contributed by atoms with van der Waals surface area (Å²) in [4.78, 5) is 26.0. The second-order valence-electron chi connectivity index (χ2n) is 5.93. The van der Waals surface area contributed by atoms with E-state index in [0.717, 1.165) is 11.4 Å². The SMILES string of the molecule is CCOC(=O)c1ccccc1NCCC(=O)Nc1ccc(N(C)C)cc1. The normalized spacial score (nSPS) is 10.1. The Morgan fingerprint density at radius 2 is 1.73 bits per heavy atom. The van der Waals surface area contributed by atoms with Crippen LogP contribution in [0.4, 0.5) is 17.1 Å². The van der Waals surface area contributed by atoms with E-state index in [2.05, 4.69) is 10.6 Å². The first kappa shape index (κ1) is 19.3. The summed E-state index contributed by atoms with van der Waals surface area (Å²) in [7, 11) is 3.93. The van der Waals surface area contributed by atoms with Crippen molar-refractivity contribution < 1.29 is 14.3 Å². The number of hydrogen-bond donors (Lipinski definition) is 2. The number of esters is 1. The van der Waals surface area contributed by atoms with E-state index in [1.807, 2.05) is 49.3 Å². The zero-order valence-electron chi connectivity index (χ0n) is 15.4. The molecule has 138 valence electrons. The van der Waals surface area contributed by atoms with E-state index >= 15 is 0 Å². The molecule has 0 bridgehead atoms. The van der Waals surface area contributed by atoms with Gasteiger partial charge in [-0.2, -0.15) is 0 Å². The fraction of sp³-hybridized carbons (Fsp3) is 0.300. The molecule has 1 amide bonds. The van der Waals surface area contributed by atoms with Crippen LogP contribution in [0.1, 0.15) is 23.7 Å². The number of hydrogen-bond acceptors (Lipinski definition) is 5. The molecule has 0 aliphatic rings. The molecule has 0 fully saturated rings. The third-order valence-corrected chi connectivity index (χ3v) is 3.76. The minimum Gasteiger partial charge on any atom is -0.462 e. The molecule has 0 aromatic heterocycles. The number of rotatable bonds is 8. The maximum absolute atomic E-state index is 12.1. The van der Waals surface area contributed by atoms with Crippen molar-refractivity contribution in [3.05, 3.63) is 54.1 Å². The van der Waals surface area contributed by atoms with Crippen LogP contribution in [-0.4, -0.2) is 39.1 Å². The van der Waals surface area contributed by atoms with Crippen molar-refractivity contribution in [2.24, 2.45) is 0 Å². The number of amides is 1. The second-order valence-corrected chi connectivity index (χ2v) is 5.93. The molecule has 0 radical (unpaired) electrons. The minimum absolute atomic E-state index is 0.0938. The van der Waals surface area contributed by atoms with Crippen LogP contribution in [0.15, 0.2) is 48.5 Å². The average molecular weight is 355 g/mol. The average Bonchev–Trinajstić information content (AvgIpc) is 2.62. The lowest BCUT2D eigenvalue weighted by Gasteiger charge is -2.13. The van der Waals surface area contributed by atoms with Crippen molar-refractivity contribution >= 4 is 28.9 Å². The lowest BCUT2D eigenvalue weighted by molar-refractivity contribution is -0.115. The second kappa shape index (κ2) is 9.46. The molecule has 6 nitrogen and oxygen atoms in total. The van der Waals surface area contributed by atoms with Gasteiger partial charge in [-0.05, 0) is 43.3 Å². The number of para-hydroxylation sites is 1. The molecule has 2 rings (SSSR count). The Balaban J connectivity index is 1.86. The molecule has 2 aromatic rings. The number of anilines is 3. The van der Waals surface area contributed by atoms with Gasteiger partial charge in [-0.3, -0.25) is 4.79 Å². The van der Waals surface area contributed by atoms with E-state index in [4.69, 9.17) is 4.74 Å². The fourth-order valence-corrected chi connectivity index (χ4v) is 2.40. The van der Waals surface area contributed by atoms with Gasteiger partial charge in [0.1, 0.15) is 0 Å². The van der Waals surface area contributed by atoms with Gasteiger partial charge in [-0.15, -0.1) is 0 Å². The quantitative estimate of drug-likeness (QED) is 0.711. The summed E-state index contributed by atoms with van der Waals surface area (Å²) >= 11 is 0. The van der Waals surface area contributed by atoms with Crippen LogP contribution in [0.5, 0.6) is 0 Å². The zero-order chi connectivity index (χ0) is 18.9. The summed E-state index contributed by atoms with van der Waals surface area (Å²) in [6, 6.07) is 14.7. The summed E-state index contributed by atoms with van der Waals surface area (Å²) in [6.07, 6.45) is 0.284. The summed E-state index contributed by atoms with van der Waals surface area (Å²) in [5.41, 5.74) is 2.95. The topological polar surface area (TPSA) is 70.7 Å². The molecule has 2 N–H and O–H groups in total. The van der Waals surface area contributed by atoms with Gasteiger partial charge in [0.2, 0.25) is 5.91 Å². The van der Waals surface area contributed by atoms with Gasteiger partial charge in [0.15, 0.2) is 0 Å². The number of nitrogens with zero attached hydrogens (tertiary/aromatic N) is 1. The van der Waals surface area contributed by atoms with Gasteiger partial charge in [0, 0.05) is 44.1 Å². The standard InChI is InChI=1S/C20H25N3O3/c1-4-26-20(25)17-7-5-6-8-18(17)21-14-13-19(24)22-15-9-11-16(12-10-15)23(2)3/h5-12,21H,4,13-14H2,1-3H3,(H,22,24). The van der Waals surface area contributed by atoms with E-state index in [9.17, 15) is 9.59 Å². The molecule has 0 unspecified atom stereocenters. The Hall–Kier alpha value is -3.02. The van der Waals surface area contributed by atoms with Crippen LogP contribution in [0.25, 0.3) is 0 Å². The van der Waals surface area contributed by atoms with E-state index in [0.29, 0.717) is 24.4 Å². The molecule has 0 aliphatic heterocycles. The zero-order valence-corrected chi connectivity index (χ0v) is 15.4. The van der Waals surface area contributed by atoms with E-state index in [-0.39, 0.29) is 18.3 Å². The van der Waals surface area contributed by atoms with E-state index in [1.165, 1.54) is 0 Å². The first-order chi connectivity index (χ1) is 12.5. The first-order valence-corrected chi connectivity index (χ1v) is 8.58. The van der Waals surface area contributed by atoms with Crippen molar-refractivity contribution in [2.45, 2.75) is 13.3 Å². The predicted octanol–water partition coefficient (Wildman–Crippen LogP) is 3.37. The van der Waals surface area contributed by atoms with E-state index < -0.39 is 0 Å². The van der Waals surface area contributed by atoms with Gasteiger partial charge in [-0.1, -0.05) is 12.1 Å². The monoisotopic (exact) mass is 355 g/mol. The van der Waals surface area contributed by atoms with Crippen LogP contribution >= 0.6 is 0 Å². The molecule has 0 saturated heterocycles. The Morgan fingerprint density at radius 3 is 2.38 bits per heavy atom. The van der Waals surface area contributed by atoms with Crippen molar-refractivity contribution in [3.63, 3.8) is 0 Å². The van der Waals surface area contributed by atoms with Crippen LogP contribution in [0.3, 0.4) is 0 Å². The van der Waals surface area contributed by atoms with E-state index in [1.54, 1.807) is 25.1 Å². The number of carbonyl (C=O) groups is 2. The van der Waals surface area contributed by atoms with Gasteiger partial charge >= 0.3 is 5.97 Å². The van der Waals surface area contributed by atoms with Crippen molar-refractivity contribution in [1.29, 1.82) is 0 Å². The summed E-state index contributed by atoms with van der Waals surface area (Å²) in [6.45, 7) is 2.50. The minimum atomic E-state index is -0.374. The number of nitrogens with one attached hydrogen (secondary N) is 2. The highest BCUT2D eigenvalue weighted by atomic mass is 16.5. The van der Waals surface area contributed by atoms with Crippen molar-refractivity contribution in [2.75, 3.05) is 42.8 Å². The molecule has 2 aromatic carbocycles. The Bertz CT molecular complexity index is 742. The Morgan fingerprint density at radius 1 is 1.04 bits per heavy atom. The van der Waals surface area contributed by atoms with Gasteiger partial charge in [0.25, 0.3) is 0 Å². The maximum Gasteiger partial charge on any atom is 0.340 e. The number of carbonyl (C=O) groups excluding carboxylic acids is 2. The maximum atomic E-state index is 12.1. The Labute approximate surface area is 154 Å². The third-order valence-electron chi connectivity index (χ3n) is 3.76. The van der Waals surface area contributed by atoms with Crippen LogP contribution in [-0.2, 0) is 9.53 Å². The number of ether oxygens (including phenoxy) is 1. The smallest absolute Gasteiger partial charge is 0.340 e. The molecule has 6 heteroatoms. The lowest BCUT2D eigenvalue weighted by atomic mass is 10.1. The molecule has 0 heterocycles. The van der Waals surface area contributed by atoms with Gasteiger partial charge < -0.3 is 20.3 Å². The molecular weight excluding hydrogens is 330 g/mol. The fourth-order valence-electron chi connectivity index (χ4n) is 2.40. The van der Waals surface area contributed by atoms with Crippen LogP contribution in [0, 0.1) is 0 Å². The Kier molecular flexibility index (Phi) is 7.02. The molecule has 26 heavy (non-hydrogen) atoms. The number of benzene rings is 2. The summed E-state index contributed by atoms with van der Waals surface area (Å²) < 4.78 is 5.04. The van der Waals surface area contributed by atoms with Crippen LogP contribution < -0.4 is 15.5 Å². The molecule has 0 saturated carbocycles. The lowest BCUT2D eigenvalue weighted by Crippen LogP contribution is -2.17. The van der Waals surface area contributed by atoms with Gasteiger partial charge in [0.05, 0.1) is 12.2 Å². The molecule has 0 aliphatic carbocycles. The van der Waals surface area contributed by atoms with Gasteiger partial charge in [-0.25, -0.2) is 4.79 Å². The highest BCUT2D eigenvalue weighted by Crippen LogP contribution is 2.17. The molecule has 0 atom stereocenters. The largest absolute Gasteiger partial charge is 0.462 e. The molecular formula is C20H25N3O3. The molecule has 0 spiro atoms. The highest BCUT2D eigenvalue weighted by Gasteiger charge is 2.11. The summed E-state index contributed by atoms with van der Waals surface area (Å²) in [5.74, 6) is -0.468. The predicted molar refractivity (Wildman–Crippen MR) is 105 cm³/mol. The third kappa shape index (κ3) is 5.51. The van der Waals surface area contributed by atoms with Crippen LogP contribution in [0.2, 0.25) is 0 Å².